The molecule has 0 aromatic heterocycles. The first-order chi connectivity index (χ1) is 12.4. The lowest BCUT2D eigenvalue weighted by atomic mass is 10.2. The Morgan fingerprint density at radius 2 is 1.69 bits per heavy atom. The van der Waals surface area contributed by atoms with Crippen LogP contribution in [0.2, 0.25) is 10.0 Å². The predicted octanol–water partition coefficient (Wildman–Crippen LogP) is 4.79. The fourth-order valence-electron chi connectivity index (χ4n) is 2.67. The Kier molecular flexibility index (Phi) is 7.49. The fourth-order valence-corrected chi connectivity index (χ4v) is 2.96. The molecule has 2 rings (SSSR count). The first-order valence-electron chi connectivity index (χ1n) is 8.47. The van der Waals surface area contributed by atoms with Crippen molar-refractivity contribution in [2.75, 3.05) is 18.0 Å². The minimum atomic E-state index is -0.151. The van der Waals surface area contributed by atoms with Gasteiger partial charge in [-0.05, 0) is 30.7 Å². The van der Waals surface area contributed by atoms with Gasteiger partial charge in [0.1, 0.15) is 0 Å². The van der Waals surface area contributed by atoms with Crippen LogP contribution in [0.4, 0.5) is 5.69 Å². The van der Waals surface area contributed by atoms with Gasteiger partial charge in [0.15, 0.2) is 0 Å². The molecule has 0 heterocycles. The minimum absolute atomic E-state index is 0.00247. The van der Waals surface area contributed by atoms with Crippen LogP contribution in [-0.4, -0.2) is 29.8 Å². The zero-order chi connectivity index (χ0) is 19.1. The van der Waals surface area contributed by atoms with Crippen molar-refractivity contribution in [1.82, 2.24) is 4.90 Å². The zero-order valence-electron chi connectivity index (χ0n) is 14.9. The first-order valence-corrected chi connectivity index (χ1v) is 9.22. The lowest BCUT2D eigenvalue weighted by molar-refractivity contribution is -0.131. The molecule has 0 saturated heterocycles. The van der Waals surface area contributed by atoms with Crippen LogP contribution in [0.5, 0.6) is 0 Å². The lowest BCUT2D eigenvalue weighted by Crippen LogP contribution is -2.36. The fraction of sp³-hybridized carbons (Fsp3) is 0.300. The molecule has 0 saturated carbocycles. The maximum Gasteiger partial charge on any atom is 0.224 e. The van der Waals surface area contributed by atoms with E-state index in [0.717, 1.165) is 5.56 Å². The number of benzene rings is 2. The van der Waals surface area contributed by atoms with Gasteiger partial charge in [-0.15, -0.1) is 0 Å². The van der Waals surface area contributed by atoms with Crippen LogP contribution in [0.3, 0.4) is 0 Å². The van der Waals surface area contributed by atoms with E-state index in [2.05, 4.69) is 0 Å². The Morgan fingerprint density at radius 3 is 2.27 bits per heavy atom. The molecule has 0 N–H and O–H groups in total. The number of nitrogens with zero attached hydrogens (tertiary/aromatic N) is 2. The summed E-state index contributed by atoms with van der Waals surface area (Å²) in [5.41, 5.74) is 1.71. The summed E-state index contributed by atoms with van der Waals surface area (Å²) in [6.45, 7) is 4.87. The van der Waals surface area contributed by atoms with Crippen molar-refractivity contribution in [3.05, 3.63) is 64.1 Å². The summed E-state index contributed by atoms with van der Waals surface area (Å²) in [6.07, 6.45) is 0.237. The van der Waals surface area contributed by atoms with E-state index < -0.39 is 0 Å². The molecular formula is C20H22Cl2N2O2. The van der Waals surface area contributed by atoms with E-state index in [1.54, 1.807) is 23.1 Å². The summed E-state index contributed by atoms with van der Waals surface area (Å²) in [5, 5.41) is 0.802. The Labute approximate surface area is 164 Å². The van der Waals surface area contributed by atoms with Crippen LogP contribution in [0.15, 0.2) is 48.5 Å². The molecule has 0 unspecified atom stereocenters. The van der Waals surface area contributed by atoms with Crippen molar-refractivity contribution in [3.63, 3.8) is 0 Å². The van der Waals surface area contributed by atoms with Gasteiger partial charge in [-0.2, -0.15) is 0 Å². The molecule has 0 fully saturated rings. The standard InChI is InChI=1S/C20H22Cl2N2O2/c1-3-23(14-16-7-5-4-6-8-16)20(26)11-12-24(15(2)25)17-9-10-18(21)19(22)13-17/h4-10,13H,3,11-12,14H2,1-2H3. The second-order valence-electron chi connectivity index (χ2n) is 5.91. The number of amides is 2. The quantitative estimate of drug-likeness (QED) is 0.679. The van der Waals surface area contributed by atoms with Gasteiger partial charge in [0.05, 0.1) is 10.0 Å². The van der Waals surface area contributed by atoms with Crippen molar-refractivity contribution in [1.29, 1.82) is 0 Å². The third kappa shape index (κ3) is 5.48. The Morgan fingerprint density at radius 1 is 1.00 bits per heavy atom. The molecule has 6 heteroatoms. The van der Waals surface area contributed by atoms with Gasteiger partial charge in [-0.25, -0.2) is 0 Å². The number of anilines is 1. The number of carbonyl (C=O) groups is 2. The van der Waals surface area contributed by atoms with Gasteiger partial charge < -0.3 is 9.80 Å². The first kappa shape index (κ1) is 20.3. The highest BCUT2D eigenvalue weighted by Gasteiger charge is 2.17. The normalized spacial score (nSPS) is 10.5. The average molecular weight is 393 g/mol. The van der Waals surface area contributed by atoms with E-state index >= 15 is 0 Å². The third-order valence-corrected chi connectivity index (χ3v) is 4.83. The number of rotatable bonds is 7. The van der Waals surface area contributed by atoms with Crippen LogP contribution >= 0.6 is 23.2 Å². The number of carbonyl (C=O) groups excluding carboxylic acids is 2. The molecule has 0 bridgehead atoms. The summed E-state index contributed by atoms with van der Waals surface area (Å²) < 4.78 is 0. The minimum Gasteiger partial charge on any atom is -0.339 e. The average Bonchev–Trinajstić information content (AvgIpc) is 2.63. The Bertz CT molecular complexity index is 766. The molecule has 2 aromatic rings. The van der Waals surface area contributed by atoms with Gasteiger partial charge in [0, 0.05) is 38.7 Å². The third-order valence-electron chi connectivity index (χ3n) is 4.09. The van der Waals surface area contributed by atoms with Crippen LogP contribution < -0.4 is 4.90 Å². The van der Waals surface area contributed by atoms with Gasteiger partial charge in [-0.3, -0.25) is 9.59 Å². The van der Waals surface area contributed by atoms with E-state index in [4.69, 9.17) is 23.2 Å². The van der Waals surface area contributed by atoms with E-state index in [9.17, 15) is 9.59 Å². The smallest absolute Gasteiger partial charge is 0.224 e. The molecule has 2 amide bonds. The molecule has 4 nitrogen and oxygen atoms in total. The van der Waals surface area contributed by atoms with Crippen LogP contribution in [0, 0.1) is 0 Å². The molecule has 26 heavy (non-hydrogen) atoms. The van der Waals surface area contributed by atoms with Crippen LogP contribution in [0.25, 0.3) is 0 Å². The molecule has 0 spiro atoms. The molecule has 0 aliphatic heterocycles. The summed E-state index contributed by atoms with van der Waals surface area (Å²) in [6, 6.07) is 14.8. The van der Waals surface area contributed by atoms with E-state index in [-0.39, 0.29) is 24.8 Å². The molecule has 0 atom stereocenters. The van der Waals surface area contributed by atoms with Crippen molar-refractivity contribution < 1.29 is 9.59 Å². The Hall–Kier alpha value is -2.04. The maximum atomic E-state index is 12.6. The summed E-state index contributed by atoms with van der Waals surface area (Å²) in [7, 11) is 0. The van der Waals surface area contributed by atoms with E-state index in [1.165, 1.54) is 11.8 Å². The number of hydrogen-bond acceptors (Lipinski definition) is 2. The summed E-state index contributed by atoms with van der Waals surface area (Å²) in [4.78, 5) is 27.9. The lowest BCUT2D eigenvalue weighted by Gasteiger charge is -2.25. The maximum absolute atomic E-state index is 12.6. The van der Waals surface area contributed by atoms with Crippen molar-refractivity contribution in [2.45, 2.75) is 26.8 Å². The highest BCUT2D eigenvalue weighted by molar-refractivity contribution is 6.42. The van der Waals surface area contributed by atoms with Gasteiger partial charge >= 0.3 is 0 Å². The summed E-state index contributed by atoms with van der Waals surface area (Å²) >= 11 is 12.0. The Balaban J connectivity index is 2.03. The van der Waals surface area contributed by atoms with Crippen molar-refractivity contribution in [3.8, 4) is 0 Å². The molecule has 2 aromatic carbocycles. The zero-order valence-corrected chi connectivity index (χ0v) is 16.4. The molecular weight excluding hydrogens is 371 g/mol. The van der Waals surface area contributed by atoms with E-state index in [1.807, 2.05) is 37.3 Å². The molecule has 0 aliphatic carbocycles. The molecule has 0 aliphatic rings. The monoisotopic (exact) mass is 392 g/mol. The van der Waals surface area contributed by atoms with Gasteiger partial charge in [0.2, 0.25) is 11.8 Å². The van der Waals surface area contributed by atoms with E-state index in [0.29, 0.717) is 28.8 Å². The second-order valence-corrected chi connectivity index (χ2v) is 6.73. The second kappa shape index (κ2) is 9.60. The highest BCUT2D eigenvalue weighted by Crippen LogP contribution is 2.27. The topological polar surface area (TPSA) is 40.6 Å². The molecule has 138 valence electrons. The SMILES string of the molecule is CCN(Cc1ccccc1)C(=O)CCN(C(C)=O)c1ccc(Cl)c(Cl)c1. The van der Waals surface area contributed by atoms with Crippen molar-refractivity contribution >= 4 is 40.7 Å². The van der Waals surface area contributed by atoms with Crippen LogP contribution in [0.1, 0.15) is 25.8 Å². The van der Waals surface area contributed by atoms with Crippen molar-refractivity contribution in [2.24, 2.45) is 0 Å². The van der Waals surface area contributed by atoms with Gasteiger partial charge in [-0.1, -0.05) is 53.5 Å². The summed E-state index contributed by atoms with van der Waals surface area (Å²) in [5.74, 6) is -0.148. The van der Waals surface area contributed by atoms with Crippen LogP contribution in [-0.2, 0) is 16.1 Å². The largest absolute Gasteiger partial charge is 0.339 e. The number of halogens is 2. The molecule has 0 radical (unpaired) electrons. The number of hydrogen-bond donors (Lipinski definition) is 0. The van der Waals surface area contributed by atoms with Gasteiger partial charge in [0.25, 0.3) is 0 Å². The highest BCUT2D eigenvalue weighted by atomic mass is 35.5. The predicted molar refractivity (Wildman–Crippen MR) is 107 cm³/mol.